The van der Waals surface area contributed by atoms with Gasteiger partial charge in [-0.05, 0) is 38.3 Å². The molecule has 3 N–H and O–H groups in total. The molecular weight excluding hydrogens is 260 g/mol. The second-order valence-electron chi connectivity index (χ2n) is 5.31. The number of hydrogen-bond acceptors (Lipinski definition) is 3. The van der Waals surface area contributed by atoms with Crippen molar-refractivity contribution in [1.82, 2.24) is 10.6 Å². The van der Waals surface area contributed by atoms with Crippen molar-refractivity contribution in [2.75, 3.05) is 0 Å². The van der Waals surface area contributed by atoms with Crippen LogP contribution in [0.3, 0.4) is 0 Å². The largest absolute Gasteiger partial charge is 0.480 e. The molecule has 6 nitrogen and oxygen atoms in total. The normalized spacial score (nSPS) is 13.8. The Hall–Kier alpha value is -1.98. The highest BCUT2D eigenvalue weighted by Crippen LogP contribution is 2.15. The average molecular weight is 282 g/mol. The summed E-state index contributed by atoms with van der Waals surface area (Å²) in [5.74, 6) is 0.544. The third-order valence-electron chi connectivity index (χ3n) is 2.85. The monoisotopic (exact) mass is 282 g/mol. The first-order valence-electron chi connectivity index (χ1n) is 6.65. The van der Waals surface area contributed by atoms with E-state index in [1.807, 2.05) is 26.8 Å². The first-order chi connectivity index (χ1) is 9.29. The lowest BCUT2D eigenvalue weighted by Crippen LogP contribution is -2.47. The number of aliphatic carboxylic acids is 1. The van der Waals surface area contributed by atoms with Crippen molar-refractivity contribution in [3.8, 4) is 0 Å². The van der Waals surface area contributed by atoms with Crippen molar-refractivity contribution < 1.29 is 19.1 Å². The maximum atomic E-state index is 11.8. The Bertz CT molecular complexity index is 467. The standard InChI is InChI=1S/C14H22N2O4/c1-8(2)7-11(13(17)18)16-14(19)15-10(4)12-6-5-9(3)20-12/h5-6,8,10-11H,7H2,1-4H3,(H,17,18)(H2,15,16,19)/t10?,11-/m0/s1. The molecule has 0 saturated carbocycles. The minimum absolute atomic E-state index is 0.182. The molecule has 0 saturated heterocycles. The number of urea groups is 1. The zero-order chi connectivity index (χ0) is 15.3. The fourth-order valence-corrected chi connectivity index (χ4v) is 1.85. The van der Waals surface area contributed by atoms with Crippen molar-refractivity contribution in [2.24, 2.45) is 5.92 Å². The summed E-state index contributed by atoms with van der Waals surface area (Å²) in [6.45, 7) is 7.41. The van der Waals surface area contributed by atoms with E-state index in [2.05, 4.69) is 10.6 Å². The smallest absolute Gasteiger partial charge is 0.326 e. The molecule has 0 aliphatic heterocycles. The summed E-state index contributed by atoms with van der Waals surface area (Å²) in [6, 6.07) is 1.87. The first-order valence-corrected chi connectivity index (χ1v) is 6.65. The molecule has 0 fully saturated rings. The van der Waals surface area contributed by atoms with E-state index in [4.69, 9.17) is 9.52 Å². The van der Waals surface area contributed by atoms with E-state index in [0.717, 1.165) is 5.76 Å². The summed E-state index contributed by atoms with van der Waals surface area (Å²) < 4.78 is 5.40. The summed E-state index contributed by atoms with van der Waals surface area (Å²) in [5, 5.41) is 14.2. The number of furan rings is 1. The van der Waals surface area contributed by atoms with Gasteiger partial charge in [0.25, 0.3) is 0 Å². The summed E-state index contributed by atoms with van der Waals surface area (Å²) in [4.78, 5) is 22.9. The quantitative estimate of drug-likeness (QED) is 0.747. The van der Waals surface area contributed by atoms with Gasteiger partial charge in [0, 0.05) is 0 Å². The number of carbonyl (C=O) groups excluding carboxylic acids is 1. The van der Waals surface area contributed by atoms with Gasteiger partial charge in [-0.15, -0.1) is 0 Å². The number of nitrogens with one attached hydrogen (secondary N) is 2. The predicted molar refractivity (Wildman–Crippen MR) is 74.4 cm³/mol. The van der Waals surface area contributed by atoms with E-state index in [1.54, 1.807) is 13.0 Å². The molecule has 0 aliphatic carbocycles. The Morgan fingerprint density at radius 2 is 1.90 bits per heavy atom. The van der Waals surface area contributed by atoms with Crippen LogP contribution in [0.15, 0.2) is 16.5 Å². The predicted octanol–water partition coefficient (Wildman–Crippen LogP) is 2.45. The zero-order valence-corrected chi connectivity index (χ0v) is 12.3. The SMILES string of the molecule is Cc1ccc(C(C)NC(=O)N[C@@H](CC(C)C)C(=O)O)o1. The molecule has 2 atom stereocenters. The van der Waals surface area contributed by atoms with Crippen molar-refractivity contribution in [2.45, 2.75) is 46.2 Å². The van der Waals surface area contributed by atoms with E-state index in [-0.39, 0.29) is 12.0 Å². The fraction of sp³-hybridized carbons (Fsp3) is 0.571. The first kappa shape index (κ1) is 16.1. The fourth-order valence-electron chi connectivity index (χ4n) is 1.85. The number of aryl methyl sites for hydroxylation is 1. The maximum absolute atomic E-state index is 11.8. The highest BCUT2D eigenvalue weighted by molar-refractivity contribution is 5.82. The Morgan fingerprint density at radius 3 is 2.35 bits per heavy atom. The van der Waals surface area contributed by atoms with Crippen LogP contribution in [0.2, 0.25) is 0 Å². The van der Waals surface area contributed by atoms with Gasteiger partial charge >= 0.3 is 12.0 Å². The van der Waals surface area contributed by atoms with Gasteiger partial charge in [0.05, 0.1) is 6.04 Å². The average Bonchev–Trinajstić information content (AvgIpc) is 2.74. The van der Waals surface area contributed by atoms with Gasteiger partial charge in [0.2, 0.25) is 0 Å². The number of carboxylic acid groups (broad SMARTS) is 1. The molecule has 0 spiro atoms. The van der Waals surface area contributed by atoms with Crippen LogP contribution in [0.25, 0.3) is 0 Å². The van der Waals surface area contributed by atoms with E-state index < -0.39 is 18.0 Å². The van der Waals surface area contributed by atoms with E-state index >= 15 is 0 Å². The summed E-state index contributed by atoms with van der Waals surface area (Å²) in [7, 11) is 0. The van der Waals surface area contributed by atoms with E-state index in [9.17, 15) is 9.59 Å². The van der Waals surface area contributed by atoms with Crippen molar-refractivity contribution in [1.29, 1.82) is 0 Å². The van der Waals surface area contributed by atoms with Gasteiger partial charge in [0.1, 0.15) is 17.6 Å². The zero-order valence-electron chi connectivity index (χ0n) is 12.3. The van der Waals surface area contributed by atoms with Gasteiger partial charge in [-0.2, -0.15) is 0 Å². The molecule has 1 heterocycles. The van der Waals surface area contributed by atoms with E-state index in [0.29, 0.717) is 12.2 Å². The summed E-state index contributed by atoms with van der Waals surface area (Å²) in [6.07, 6.45) is 0.386. The highest BCUT2D eigenvalue weighted by atomic mass is 16.4. The van der Waals surface area contributed by atoms with Crippen LogP contribution < -0.4 is 10.6 Å². The van der Waals surface area contributed by atoms with Gasteiger partial charge in [-0.3, -0.25) is 0 Å². The van der Waals surface area contributed by atoms with E-state index in [1.165, 1.54) is 0 Å². The molecule has 1 rings (SSSR count). The van der Waals surface area contributed by atoms with Gasteiger partial charge in [0.15, 0.2) is 0 Å². The van der Waals surface area contributed by atoms with Crippen LogP contribution in [-0.2, 0) is 4.79 Å². The number of hydrogen-bond donors (Lipinski definition) is 3. The lowest BCUT2D eigenvalue weighted by atomic mass is 10.0. The highest BCUT2D eigenvalue weighted by Gasteiger charge is 2.22. The van der Waals surface area contributed by atoms with Crippen LogP contribution in [0, 0.1) is 12.8 Å². The van der Waals surface area contributed by atoms with Crippen LogP contribution >= 0.6 is 0 Å². The van der Waals surface area contributed by atoms with Crippen LogP contribution in [0.4, 0.5) is 4.79 Å². The Labute approximate surface area is 118 Å². The third-order valence-corrected chi connectivity index (χ3v) is 2.85. The second kappa shape index (κ2) is 6.98. The molecule has 2 amide bonds. The van der Waals surface area contributed by atoms with Gasteiger partial charge < -0.3 is 20.2 Å². The Balaban J connectivity index is 2.55. The molecule has 1 aromatic rings. The molecule has 1 aromatic heterocycles. The Kier molecular flexibility index (Phi) is 5.61. The third kappa shape index (κ3) is 4.95. The molecule has 20 heavy (non-hydrogen) atoms. The molecule has 112 valence electrons. The number of carbonyl (C=O) groups is 2. The van der Waals surface area contributed by atoms with Crippen LogP contribution in [0.5, 0.6) is 0 Å². The number of rotatable bonds is 6. The molecule has 0 aromatic carbocycles. The molecular formula is C14H22N2O4. The molecule has 0 bridgehead atoms. The molecule has 1 unspecified atom stereocenters. The minimum Gasteiger partial charge on any atom is -0.480 e. The van der Waals surface area contributed by atoms with Crippen molar-refractivity contribution in [3.63, 3.8) is 0 Å². The lowest BCUT2D eigenvalue weighted by Gasteiger charge is -2.18. The van der Waals surface area contributed by atoms with Crippen molar-refractivity contribution >= 4 is 12.0 Å². The van der Waals surface area contributed by atoms with Gasteiger partial charge in [-0.1, -0.05) is 13.8 Å². The Morgan fingerprint density at radius 1 is 1.25 bits per heavy atom. The minimum atomic E-state index is -1.03. The van der Waals surface area contributed by atoms with Crippen LogP contribution in [-0.4, -0.2) is 23.1 Å². The number of amides is 2. The molecule has 6 heteroatoms. The lowest BCUT2D eigenvalue weighted by molar-refractivity contribution is -0.139. The summed E-state index contributed by atoms with van der Waals surface area (Å²) >= 11 is 0. The van der Waals surface area contributed by atoms with Gasteiger partial charge in [-0.25, -0.2) is 9.59 Å². The van der Waals surface area contributed by atoms with Crippen LogP contribution in [0.1, 0.15) is 44.8 Å². The van der Waals surface area contributed by atoms with Crippen molar-refractivity contribution in [3.05, 3.63) is 23.7 Å². The topological polar surface area (TPSA) is 91.6 Å². The maximum Gasteiger partial charge on any atom is 0.326 e. The number of carboxylic acids is 1. The summed E-state index contributed by atoms with van der Waals surface area (Å²) in [5.41, 5.74) is 0. The second-order valence-corrected chi connectivity index (χ2v) is 5.31. The molecule has 0 aliphatic rings. The molecule has 0 radical (unpaired) electrons.